The highest BCUT2D eigenvalue weighted by Crippen LogP contribution is 2.39. The smallest absolute Gasteiger partial charge is 0.373 e. The van der Waals surface area contributed by atoms with E-state index >= 15 is 0 Å². The van der Waals surface area contributed by atoms with Crippen molar-refractivity contribution >= 4 is 17.6 Å². The van der Waals surface area contributed by atoms with Crippen LogP contribution in [0.2, 0.25) is 5.02 Å². The van der Waals surface area contributed by atoms with Crippen LogP contribution in [0, 0.1) is 5.92 Å². The fourth-order valence-corrected chi connectivity index (χ4v) is 3.15. The molecule has 5 nitrogen and oxygen atoms in total. The number of benzene rings is 1. The van der Waals surface area contributed by atoms with E-state index in [2.05, 4.69) is 6.58 Å². The van der Waals surface area contributed by atoms with Crippen LogP contribution in [-0.2, 0) is 19.0 Å². The average Bonchev–Trinajstić information content (AvgIpc) is 2.65. The van der Waals surface area contributed by atoms with Gasteiger partial charge in [-0.1, -0.05) is 36.4 Å². The number of hydrogen-bond donors (Lipinski definition) is 1. The van der Waals surface area contributed by atoms with Crippen LogP contribution < -0.4 is 0 Å². The molecule has 6 heteroatoms. The Labute approximate surface area is 159 Å². The molecule has 0 saturated carbocycles. The number of carbonyl (C=O) groups excluding carboxylic acids is 1. The van der Waals surface area contributed by atoms with Crippen LogP contribution in [0.3, 0.4) is 0 Å². The normalized spacial score (nSPS) is 22.3. The molecule has 3 atom stereocenters. The molecular weight excluding hydrogens is 356 g/mol. The first-order valence-electron chi connectivity index (χ1n) is 8.75. The molecular formula is C20H25ClO5. The van der Waals surface area contributed by atoms with Gasteiger partial charge in [-0.25, -0.2) is 4.79 Å². The molecule has 1 aromatic rings. The van der Waals surface area contributed by atoms with Gasteiger partial charge in [0.1, 0.15) is 6.61 Å². The van der Waals surface area contributed by atoms with E-state index in [0.29, 0.717) is 24.5 Å². The lowest BCUT2D eigenvalue weighted by atomic mass is 9.80. The van der Waals surface area contributed by atoms with Crippen molar-refractivity contribution < 1.29 is 24.1 Å². The molecule has 0 amide bonds. The molecule has 1 aliphatic heterocycles. The van der Waals surface area contributed by atoms with E-state index < -0.39 is 12.3 Å². The predicted octanol–water partition coefficient (Wildman–Crippen LogP) is 3.82. The SMILES string of the molecule is C=CCOC(=O)C1=C[C@H](c2ccc(Cl)cc2)[C@@H](CCCO)[C@H](OCC)O1. The number of allylic oxidation sites excluding steroid dienone is 1. The van der Waals surface area contributed by atoms with E-state index in [0.717, 1.165) is 5.56 Å². The van der Waals surface area contributed by atoms with Crippen molar-refractivity contribution in [2.24, 2.45) is 5.92 Å². The minimum absolute atomic E-state index is 0.0424. The van der Waals surface area contributed by atoms with Crippen LogP contribution in [0.1, 0.15) is 31.2 Å². The molecule has 0 fully saturated rings. The predicted molar refractivity (Wildman–Crippen MR) is 99.7 cm³/mol. The van der Waals surface area contributed by atoms with Crippen molar-refractivity contribution in [2.45, 2.75) is 32.0 Å². The summed E-state index contributed by atoms with van der Waals surface area (Å²) in [5, 5.41) is 9.89. The van der Waals surface area contributed by atoms with E-state index in [1.807, 2.05) is 31.2 Å². The molecule has 1 heterocycles. The zero-order chi connectivity index (χ0) is 18.9. The molecule has 26 heavy (non-hydrogen) atoms. The van der Waals surface area contributed by atoms with Crippen LogP contribution in [0.25, 0.3) is 0 Å². The zero-order valence-corrected chi connectivity index (χ0v) is 15.7. The number of esters is 1. The Morgan fingerprint density at radius 1 is 1.38 bits per heavy atom. The summed E-state index contributed by atoms with van der Waals surface area (Å²) in [7, 11) is 0. The fraction of sp³-hybridized carbons (Fsp3) is 0.450. The van der Waals surface area contributed by atoms with Crippen LogP contribution in [0.4, 0.5) is 0 Å². The van der Waals surface area contributed by atoms with E-state index in [-0.39, 0.29) is 30.8 Å². The van der Waals surface area contributed by atoms with Gasteiger partial charge in [-0.3, -0.25) is 0 Å². The maximum atomic E-state index is 12.3. The quantitative estimate of drug-likeness (QED) is 0.521. The number of carbonyl (C=O) groups is 1. The lowest BCUT2D eigenvalue weighted by Gasteiger charge is -2.36. The number of halogens is 1. The van der Waals surface area contributed by atoms with E-state index in [1.165, 1.54) is 6.08 Å². The Morgan fingerprint density at radius 3 is 2.73 bits per heavy atom. The molecule has 0 radical (unpaired) electrons. The van der Waals surface area contributed by atoms with Gasteiger partial charge in [0, 0.05) is 30.1 Å². The molecule has 1 N–H and O–H groups in total. The summed E-state index contributed by atoms with van der Waals surface area (Å²) in [5.41, 5.74) is 0.999. The Kier molecular flexibility index (Phi) is 8.16. The largest absolute Gasteiger partial charge is 0.457 e. The van der Waals surface area contributed by atoms with Crippen molar-refractivity contribution in [1.82, 2.24) is 0 Å². The van der Waals surface area contributed by atoms with E-state index in [9.17, 15) is 9.90 Å². The molecule has 0 aromatic heterocycles. The first kappa shape index (κ1) is 20.5. The van der Waals surface area contributed by atoms with E-state index in [1.54, 1.807) is 6.08 Å². The van der Waals surface area contributed by atoms with Gasteiger partial charge >= 0.3 is 5.97 Å². The summed E-state index contributed by atoms with van der Waals surface area (Å²) in [6.45, 7) is 6.05. The Morgan fingerprint density at radius 2 is 2.12 bits per heavy atom. The number of ether oxygens (including phenoxy) is 3. The number of rotatable bonds is 9. The zero-order valence-electron chi connectivity index (χ0n) is 14.9. The lowest BCUT2D eigenvalue weighted by molar-refractivity contribution is -0.175. The Hall–Kier alpha value is -1.82. The van der Waals surface area contributed by atoms with Crippen molar-refractivity contribution in [2.75, 3.05) is 19.8 Å². The highest BCUT2D eigenvalue weighted by atomic mass is 35.5. The molecule has 1 aromatic carbocycles. The van der Waals surface area contributed by atoms with Gasteiger partial charge in [0.05, 0.1) is 0 Å². The highest BCUT2D eigenvalue weighted by molar-refractivity contribution is 6.30. The number of aliphatic hydroxyl groups excluding tert-OH is 1. The standard InChI is InChI=1S/C20H25ClO5/c1-3-12-25-19(23)18-13-17(14-7-9-15(21)10-8-14)16(6-5-11-22)20(26-18)24-4-2/h3,7-10,13,16-17,20,22H,1,4-6,11-12H2,2H3/t16-,17-,20-/m1/s1. The highest BCUT2D eigenvalue weighted by Gasteiger charge is 2.38. The second-order valence-corrected chi connectivity index (χ2v) is 6.40. The summed E-state index contributed by atoms with van der Waals surface area (Å²) in [6, 6.07) is 7.48. The van der Waals surface area contributed by atoms with Gasteiger partial charge in [0.25, 0.3) is 0 Å². The van der Waals surface area contributed by atoms with Crippen molar-refractivity contribution in [1.29, 1.82) is 0 Å². The molecule has 0 saturated heterocycles. The minimum atomic E-state index is -0.594. The summed E-state index contributed by atoms with van der Waals surface area (Å²) in [4.78, 5) is 12.3. The molecule has 0 spiro atoms. The van der Waals surface area contributed by atoms with Crippen LogP contribution in [0.5, 0.6) is 0 Å². The minimum Gasteiger partial charge on any atom is -0.457 e. The monoisotopic (exact) mass is 380 g/mol. The lowest BCUT2D eigenvalue weighted by Crippen LogP contribution is -2.36. The molecule has 142 valence electrons. The maximum Gasteiger partial charge on any atom is 0.373 e. The van der Waals surface area contributed by atoms with Crippen LogP contribution in [-0.4, -0.2) is 37.2 Å². The fourth-order valence-electron chi connectivity index (χ4n) is 3.02. The first-order chi connectivity index (χ1) is 12.6. The van der Waals surface area contributed by atoms with Gasteiger partial charge < -0.3 is 19.3 Å². The van der Waals surface area contributed by atoms with Gasteiger partial charge in [0.2, 0.25) is 12.0 Å². The van der Waals surface area contributed by atoms with Crippen molar-refractivity contribution in [3.8, 4) is 0 Å². The molecule has 0 unspecified atom stereocenters. The summed E-state index contributed by atoms with van der Waals surface area (Å²) in [6.07, 6.45) is 3.99. The molecule has 0 aliphatic carbocycles. The van der Waals surface area contributed by atoms with Gasteiger partial charge in [0.15, 0.2) is 0 Å². The van der Waals surface area contributed by atoms with Crippen molar-refractivity contribution in [3.63, 3.8) is 0 Å². The van der Waals surface area contributed by atoms with E-state index in [4.69, 9.17) is 25.8 Å². The Balaban J connectivity index is 2.36. The van der Waals surface area contributed by atoms with Gasteiger partial charge in [-0.05, 0) is 43.5 Å². The van der Waals surface area contributed by atoms with Crippen LogP contribution >= 0.6 is 11.6 Å². The number of aliphatic hydroxyl groups is 1. The molecule has 2 rings (SSSR count). The van der Waals surface area contributed by atoms with Crippen molar-refractivity contribution in [3.05, 3.63) is 59.3 Å². The second kappa shape index (κ2) is 10.4. The summed E-state index contributed by atoms with van der Waals surface area (Å²) in [5.74, 6) is -0.575. The average molecular weight is 381 g/mol. The topological polar surface area (TPSA) is 65.0 Å². The second-order valence-electron chi connectivity index (χ2n) is 5.97. The third kappa shape index (κ3) is 5.34. The maximum absolute atomic E-state index is 12.3. The van der Waals surface area contributed by atoms with Gasteiger partial charge in [-0.15, -0.1) is 0 Å². The van der Waals surface area contributed by atoms with Crippen LogP contribution in [0.15, 0.2) is 48.8 Å². The molecule has 0 bridgehead atoms. The third-order valence-corrected chi connectivity index (χ3v) is 4.45. The molecule has 1 aliphatic rings. The first-order valence-corrected chi connectivity index (χ1v) is 9.12. The Bertz CT molecular complexity index is 626. The number of hydrogen-bond acceptors (Lipinski definition) is 5. The summed E-state index contributed by atoms with van der Waals surface area (Å²) < 4.78 is 16.7. The summed E-state index contributed by atoms with van der Waals surface area (Å²) >= 11 is 6.00. The third-order valence-electron chi connectivity index (χ3n) is 4.20. The van der Waals surface area contributed by atoms with Gasteiger partial charge in [-0.2, -0.15) is 0 Å².